The van der Waals surface area contributed by atoms with Crippen molar-refractivity contribution >= 4 is 23.4 Å². The molecule has 3 rings (SSSR count). The molecule has 1 aliphatic heterocycles. The summed E-state index contributed by atoms with van der Waals surface area (Å²) in [6, 6.07) is 8.76. The van der Waals surface area contributed by atoms with Gasteiger partial charge in [-0.2, -0.15) is 5.10 Å². The maximum atomic E-state index is 12.6. The lowest BCUT2D eigenvalue weighted by molar-refractivity contribution is -0.120. The molecular formula is C18H21ClN4O3. The molecule has 2 N–H and O–H groups in total. The van der Waals surface area contributed by atoms with E-state index in [4.69, 9.17) is 22.1 Å². The molecule has 1 saturated heterocycles. The third-order valence-electron chi connectivity index (χ3n) is 4.45. The largest absolute Gasteiger partial charge is 0.490 e. The molecule has 1 aliphatic rings. The standard InChI is InChI=1S/C18H21ClN4O3/c1-22-8-6-15(21-22)18(25)23-9-7-16(12(11-23)10-17(20)24)26-14-4-2-13(19)3-5-14/h2-6,8,12,16H,7,9-11H2,1H3,(H2,20,24)/t12-,16-/m0/s1. The van der Waals surface area contributed by atoms with E-state index < -0.39 is 5.91 Å². The van der Waals surface area contributed by atoms with Gasteiger partial charge in [-0.1, -0.05) is 11.6 Å². The summed E-state index contributed by atoms with van der Waals surface area (Å²) >= 11 is 5.90. The molecule has 0 aliphatic carbocycles. The molecule has 2 amide bonds. The SMILES string of the molecule is Cn1ccc(C(=O)N2CC[C@H](Oc3ccc(Cl)cc3)[C@@H](CC(N)=O)C2)n1. The van der Waals surface area contributed by atoms with Crippen molar-refractivity contribution in [2.75, 3.05) is 13.1 Å². The monoisotopic (exact) mass is 376 g/mol. The Balaban J connectivity index is 1.71. The van der Waals surface area contributed by atoms with Gasteiger partial charge in [-0.3, -0.25) is 14.3 Å². The fourth-order valence-electron chi connectivity index (χ4n) is 3.18. The Morgan fingerprint density at radius 1 is 1.31 bits per heavy atom. The average molecular weight is 377 g/mol. The van der Waals surface area contributed by atoms with E-state index in [1.165, 1.54) is 0 Å². The number of carbonyl (C=O) groups excluding carboxylic acids is 2. The number of likely N-dealkylation sites (tertiary alicyclic amines) is 1. The Hall–Kier alpha value is -2.54. The van der Waals surface area contributed by atoms with Gasteiger partial charge in [0.15, 0.2) is 0 Å². The smallest absolute Gasteiger partial charge is 0.274 e. The highest BCUT2D eigenvalue weighted by atomic mass is 35.5. The van der Waals surface area contributed by atoms with Crippen LogP contribution >= 0.6 is 11.6 Å². The first-order valence-electron chi connectivity index (χ1n) is 8.42. The molecule has 0 bridgehead atoms. The predicted molar refractivity (Wildman–Crippen MR) is 96.9 cm³/mol. The molecule has 0 spiro atoms. The Morgan fingerprint density at radius 3 is 2.65 bits per heavy atom. The van der Waals surface area contributed by atoms with Crippen molar-refractivity contribution in [3.05, 3.63) is 47.2 Å². The van der Waals surface area contributed by atoms with Crippen molar-refractivity contribution < 1.29 is 14.3 Å². The van der Waals surface area contributed by atoms with E-state index in [9.17, 15) is 9.59 Å². The molecule has 2 atom stereocenters. The first-order valence-corrected chi connectivity index (χ1v) is 8.79. The summed E-state index contributed by atoms with van der Waals surface area (Å²) in [7, 11) is 1.76. The minimum absolute atomic E-state index is 0.148. The number of nitrogens with two attached hydrogens (primary N) is 1. The maximum Gasteiger partial charge on any atom is 0.274 e. The van der Waals surface area contributed by atoms with Crippen molar-refractivity contribution in [1.82, 2.24) is 14.7 Å². The van der Waals surface area contributed by atoms with Crippen LogP contribution in [-0.2, 0) is 11.8 Å². The van der Waals surface area contributed by atoms with Crippen LogP contribution < -0.4 is 10.5 Å². The molecule has 8 heteroatoms. The quantitative estimate of drug-likeness (QED) is 0.862. The third kappa shape index (κ3) is 4.35. The Morgan fingerprint density at radius 2 is 2.04 bits per heavy atom. The second-order valence-electron chi connectivity index (χ2n) is 6.46. The van der Waals surface area contributed by atoms with Gasteiger partial charge in [0, 0.05) is 50.1 Å². The summed E-state index contributed by atoms with van der Waals surface area (Å²) in [4.78, 5) is 25.8. The number of halogens is 1. The van der Waals surface area contributed by atoms with Crippen LogP contribution in [0.25, 0.3) is 0 Å². The van der Waals surface area contributed by atoms with Gasteiger partial charge >= 0.3 is 0 Å². The zero-order valence-electron chi connectivity index (χ0n) is 14.5. The first-order chi connectivity index (χ1) is 12.4. The summed E-state index contributed by atoms with van der Waals surface area (Å²) in [5, 5.41) is 4.78. The van der Waals surface area contributed by atoms with Gasteiger partial charge in [0.25, 0.3) is 5.91 Å². The lowest BCUT2D eigenvalue weighted by Gasteiger charge is -2.38. The number of nitrogens with zero attached hydrogens (tertiary/aromatic N) is 3. The van der Waals surface area contributed by atoms with E-state index in [0.29, 0.717) is 36.0 Å². The number of amides is 2. The van der Waals surface area contributed by atoms with E-state index in [1.807, 2.05) is 0 Å². The summed E-state index contributed by atoms with van der Waals surface area (Å²) in [6.45, 7) is 0.930. The average Bonchev–Trinajstić information content (AvgIpc) is 3.03. The lowest BCUT2D eigenvalue weighted by atomic mass is 9.91. The molecule has 1 aromatic carbocycles. The first kappa shape index (κ1) is 18.3. The molecule has 138 valence electrons. The highest BCUT2D eigenvalue weighted by molar-refractivity contribution is 6.30. The summed E-state index contributed by atoms with van der Waals surface area (Å²) in [5.41, 5.74) is 5.79. The van der Waals surface area contributed by atoms with Crippen molar-refractivity contribution in [2.45, 2.75) is 18.9 Å². The van der Waals surface area contributed by atoms with Gasteiger partial charge < -0.3 is 15.4 Å². The number of benzene rings is 1. The highest BCUT2D eigenvalue weighted by Gasteiger charge is 2.34. The van der Waals surface area contributed by atoms with Crippen molar-refractivity contribution in [3.8, 4) is 5.75 Å². The van der Waals surface area contributed by atoms with Crippen molar-refractivity contribution in [3.63, 3.8) is 0 Å². The molecule has 1 fully saturated rings. The van der Waals surface area contributed by atoms with Gasteiger partial charge in [0.05, 0.1) is 0 Å². The number of primary amides is 1. The van der Waals surface area contributed by atoms with Crippen LogP contribution in [0.15, 0.2) is 36.5 Å². The van der Waals surface area contributed by atoms with E-state index in [-0.39, 0.29) is 24.3 Å². The molecule has 0 unspecified atom stereocenters. The highest BCUT2D eigenvalue weighted by Crippen LogP contribution is 2.27. The molecule has 0 radical (unpaired) electrons. The fraction of sp³-hybridized carbons (Fsp3) is 0.389. The Kier molecular flexibility index (Phi) is 5.46. The van der Waals surface area contributed by atoms with Gasteiger partial charge in [-0.15, -0.1) is 0 Å². The fourth-order valence-corrected chi connectivity index (χ4v) is 3.31. The molecular weight excluding hydrogens is 356 g/mol. The Labute approximate surface area is 156 Å². The second-order valence-corrected chi connectivity index (χ2v) is 6.89. The number of aryl methyl sites for hydroxylation is 1. The molecule has 7 nitrogen and oxygen atoms in total. The molecule has 26 heavy (non-hydrogen) atoms. The van der Waals surface area contributed by atoms with Crippen LogP contribution in [0.1, 0.15) is 23.3 Å². The number of aromatic nitrogens is 2. The Bertz CT molecular complexity index is 790. The molecule has 0 saturated carbocycles. The number of piperidine rings is 1. The maximum absolute atomic E-state index is 12.6. The number of hydrogen-bond donors (Lipinski definition) is 1. The van der Waals surface area contributed by atoms with E-state index >= 15 is 0 Å². The summed E-state index contributed by atoms with van der Waals surface area (Å²) in [6.07, 6.45) is 2.30. The van der Waals surface area contributed by atoms with Gasteiger partial charge in [-0.25, -0.2) is 0 Å². The predicted octanol–water partition coefficient (Wildman–Crippen LogP) is 1.86. The van der Waals surface area contributed by atoms with Gasteiger partial charge in [0.2, 0.25) is 5.91 Å². The van der Waals surface area contributed by atoms with Crippen molar-refractivity contribution in [2.24, 2.45) is 18.7 Å². The van der Waals surface area contributed by atoms with Crippen LogP contribution in [0.3, 0.4) is 0 Å². The topological polar surface area (TPSA) is 90.5 Å². The van der Waals surface area contributed by atoms with Gasteiger partial charge in [-0.05, 0) is 30.3 Å². The minimum Gasteiger partial charge on any atom is -0.490 e. The van der Waals surface area contributed by atoms with E-state index in [1.54, 1.807) is 53.2 Å². The molecule has 2 aromatic rings. The number of hydrogen-bond acceptors (Lipinski definition) is 4. The third-order valence-corrected chi connectivity index (χ3v) is 4.70. The number of rotatable bonds is 5. The minimum atomic E-state index is -0.410. The zero-order chi connectivity index (χ0) is 18.7. The van der Waals surface area contributed by atoms with Gasteiger partial charge in [0.1, 0.15) is 17.5 Å². The van der Waals surface area contributed by atoms with E-state index in [2.05, 4.69) is 5.10 Å². The second kappa shape index (κ2) is 7.78. The van der Waals surface area contributed by atoms with Crippen LogP contribution in [-0.4, -0.2) is 45.7 Å². The number of ether oxygens (including phenoxy) is 1. The summed E-state index contributed by atoms with van der Waals surface area (Å²) in [5.74, 6) is -0.0557. The van der Waals surface area contributed by atoms with Crippen LogP contribution in [0.5, 0.6) is 5.75 Å². The molecule has 2 heterocycles. The van der Waals surface area contributed by atoms with Crippen LogP contribution in [0.4, 0.5) is 0 Å². The van der Waals surface area contributed by atoms with Crippen molar-refractivity contribution in [1.29, 1.82) is 0 Å². The van der Waals surface area contributed by atoms with Crippen LogP contribution in [0, 0.1) is 5.92 Å². The lowest BCUT2D eigenvalue weighted by Crippen LogP contribution is -2.49. The zero-order valence-corrected chi connectivity index (χ0v) is 15.2. The normalized spacial score (nSPS) is 20.0. The van der Waals surface area contributed by atoms with Crippen LogP contribution in [0.2, 0.25) is 5.02 Å². The summed E-state index contributed by atoms with van der Waals surface area (Å²) < 4.78 is 7.63. The number of carbonyl (C=O) groups is 2. The van der Waals surface area contributed by atoms with E-state index in [0.717, 1.165) is 0 Å². The molecule has 1 aromatic heterocycles.